The van der Waals surface area contributed by atoms with Crippen molar-refractivity contribution in [1.29, 1.82) is 0 Å². The maximum atomic E-state index is 12.7. The predicted molar refractivity (Wildman–Crippen MR) is 61.4 cm³/mol. The molecule has 0 bridgehead atoms. The van der Waals surface area contributed by atoms with Crippen molar-refractivity contribution >= 4 is 5.69 Å². The highest BCUT2D eigenvalue weighted by Crippen LogP contribution is 2.25. The van der Waals surface area contributed by atoms with Crippen LogP contribution in [0.4, 0.5) is 10.1 Å². The van der Waals surface area contributed by atoms with Gasteiger partial charge in [0.2, 0.25) is 0 Å². The number of rotatable bonds is 5. The first-order valence-electron chi connectivity index (χ1n) is 4.87. The molecule has 6 heteroatoms. The molecule has 0 N–H and O–H groups in total. The van der Waals surface area contributed by atoms with Gasteiger partial charge in [-0.3, -0.25) is 4.39 Å². The van der Waals surface area contributed by atoms with E-state index in [0.29, 0.717) is 11.3 Å². The molecule has 1 aromatic carbocycles. The van der Waals surface area contributed by atoms with Crippen LogP contribution in [0.3, 0.4) is 0 Å². The van der Waals surface area contributed by atoms with Gasteiger partial charge in [0, 0.05) is 12.0 Å². The van der Waals surface area contributed by atoms with E-state index in [4.69, 9.17) is 16.8 Å². The molecule has 2 atom stereocenters. The molecule has 0 unspecified atom stereocenters. The van der Waals surface area contributed by atoms with Gasteiger partial charge in [-0.15, -0.1) is 0 Å². The van der Waals surface area contributed by atoms with E-state index in [9.17, 15) is 4.39 Å². The molecule has 1 rings (SSSR count). The van der Waals surface area contributed by atoms with E-state index >= 15 is 0 Å². The zero-order valence-corrected chi connectivity index (χ0v) is 9.25. The maximum Gasteiger partial charge on any atom is 0.187 e. The van der Waals surface area contributed by atoms with Crippen molar-refractivity contribution in [3.63, 3.8) is 0 Å². The Hall–Kier alpha value is -2.09. The van der Waals surface area contributed by atoms with Gasteiger partial charge in [0.05, 0.1) is 18.7 Å². The molecule has 0 heterocycles. The second-order valence-electron chi connectivity index (χ2n) is 3.29. The SMILES string of the molecule is [C-]#[N+]c1ccc([C@@H](OC)[C@@H](CF)N=[N+]=[N-])cc1. The Morgan fingerprint density at radius 1 is 1.47 bits per heavy atom. The molecule has 0 aromatic heterocycles. The Labute approximate surface area is 98.3 Å². The number of azide groups is 1. The number of halogens is 1. The van der Waals surface area contributed by atoms with Crippen LogP contribution in [0.5, 0.6) is 0 Å². The minimum absolute atomic E-state index is 0.490. The van der Waals surface area contributed by atoms with Gasteiger partial charge in [-0.1, -0.05) is 29.4 Å². The first-order valence-corrected chi connectivity index (χ1v) is 4.87. The Kier molecular flexibility index (Phi) is 4.95. The molecule has 0 saturated heterocycles. The van der Waals surface area contributed by atoms with Crippen molar-refractivity contribution in [1.82, 2.24) is 0 Å². The van der Waals surface area contributed by atoms with E-state index < -0.39 is 18.8 Å². The zero-order valence-electron chi connectivity index (χ0n) is 9.25. The molecule has 0 aliphatic heterocycles. The summed E-state index contributed by atoms with van der Waals surface area (Å²) in [4.78, 5) is 5.84. The highest BCUT2D eigenvalue weighted by molar-refractivity contribution is 5.45. The summed E-state index contributed by atoms with van der Waals surface area (Å²) in [5.41, 5.74) is 9.50. The smallest absolute Gasteiger partial charge is 0.187 e. The Bertz CT molecular complexity index is 448. The molecular weight excluding hydrogens is 223 g/mol. The molecule has 5 nitrogen and oxygen atoms in total. The summed E-state index contributed by atoms with van der Waals surface area (Å²) in [6, 6.07) is 5.65. The first kappa shape index (κ1) is 13.0. The number of nitrogens with zero attached hydrogens (tertiary/aromatic N) is 4. The average molecular weight is 234 g/mol. The number of methoxy groups -OCH3 is 1. The molecule has 0 fully saturated rings. The highest BCUT2D eigenvalue weighted by atomic mass is 19.1. The first-order chi connectivity index (χ1) is 8.26. The van der Waals surface area contributed by atoms with Gasteiger partial charge in [-0.2, -0.15) is 0 Å². The highest BCUT2D eigenvalue weighted by Gasteiger charge is 2.21. The van der Waals surface area contributed by atoms with Crippen LogP contribution in [0.1, 0.15) is 11.7 Å². The molecule has 1 aromatic rings. The van der Waals surface area contributed by atoms with Crippen LogP contribution in [-0.2, 0) is 4.74 Å². The summed E-state index contributed by atoms with van der Waals surface area (Å²) in [6.45, 7) is 6.02. The summed E-state index contributed by atoms with van der Waals surface area (Å²) < 4.78 is 17.9. The molecule has 88 valence electrons. The zero-order chi connectivity index (χ0) is 12.7. The van der Waals surface area contributed by atoms with Crippen molar-refractivity contribution in [2.75, 3.05) is 13.8 Å². The van der Waals surface area contributed by atoms with Crippen LogP contribution in [-0.4, -0.2) is 19.8 Å². The molecule has 17 heavy (non-hydrogen) atoms. The molecule has 0 spiro atoms. The summed E-state index contributed by atoms with van der Waals surface area (Å²) in [7, 11) is 1.42. The van der Waals surface area contributed by atoms with Crippen LogP contribution in [0.15, 0.2) is 29.4 Å². The summed E-state index contributed by atoms with van der Waals surface area (Å²) >= 11 is 0. The lowest BCUT2D eigenvalue weighted by atomic mass is 10.0. The van der Waals surface area contributed by atoms with Gasteiger partial charge in [0.25, 0.3) is 0 Å². The van der Waals surface area contributed by atoms with E-state index in [2.05, 4.69) is 14.9 Å². The number of ether oxygens (including phenoxy) is 1. The van der Waals surface area contributed by atoms with Crippen LogP contribution in [0, 0.1) is 6.57 Å². The minimum atomic E-state index is -0.899. The average Bonchev–Trinajstić information content (AvgIpc) is 2.39. The van der Waals surface area contributed by atoms with E-state index in [1.807, 2.05) is 0 Å². The van der Waals surface area contributed by atoms with E-state index in [1.165, 1.54) is 7.11 Å². The van der Waals surface area contributed by atoms with Crippen molar-refractivity contribution in [3.05, 3.63) is 51.7 Å². The van der Waals surface area contributed by atoms with Crippen molar-refractivity contribution in [2.24, 2.45) is 5.11 Å². The molecule has 0 radical (unpaired) electrons. The second kappa shape index (κ2) is 6.48. The summed E-state index contributed by atoms with van der Waals surface area (Å²) in [5.74, 6) is 0. The number of hydrogen-bond donors (Lipinski definition) is 0. The third kappa shape index (κ3) is 3.18. The molecule has 0 amide bonds. The van der Waals surface area contributed by atoms with Crippen molar-refractivity contribution in [2.45, 2.75) is 12.1 Å². The van der Waals surface area contributed by atoms with Gasteiger partial charge in [0.15, 0.2) is 5.69 Å². The number of alkyl halides is 1. The van der Waals surface area contributed by atoms with Gasteiger partial charge in [-0.05, 0) is 11.1 Å². The van der Waals surface area contributed by atoms with Crippen LogP contribution < -0.4 is 0 Å². The Morgan fingerprint density at radius 3 is 2.53 bits per heavy atom. The lowest BCUT2D eigenvalue weighted by Gasteiger charge is -2.20. The lowest BCUT2D eigenvalue weighted by molar-refractivity contribution is 0.0722. The fraction of sp³-hybridized carbons (Fsp3) is 0.364. The maximum absolute atomic E-state index is 12.7. The third-order valence-corrected chi connectivity index (χ3v) is 2.31. The fourth-order valence-corrected chi connectivity index (χ4v) is 1.49. The second-order valence-corrected chi connectivity index (χ2v) is 3.29. The largest absolute Gasteiger partial charge is 0.376 e. The van der Waals surface area contributed by atoms with E-state index in [-0.39, 0.29) is 0 Å². The monoisotopic (exact) mass is 234 g/mol. The third-order valence-electron chi connectivity index (χ3n) is 2.31. The van der Waals surface area contributed by atoms with E-state index in [0.717, 1.165) is 0 Å². The topological polar surface area (TPSA) is 62.3 Å². The standard InChI is InChI=1S/C11H11FN4O/c1-14-9-5-3-8(4-6-9)11(17-2)10(7-12)15-16-13/h3-6,10-11H,7H2,2H3/t10-,11-/m1/s1. The minimum Gasteiger partial charge on any atom is -0.376 e. The Balaban J connectivity index is 3.00. The van der Waals surface area contributed by atoms with Crippen LogP contribution in [0.2, 0.25) is 0 Å². The van der Waals surface area contributed by atoms with Crippen LogP contribution in [0.25, 0.3) is 15.3 Å². The van der Waals surface area contributed by atoms with Gasteiger partial charge in [-0.25, -0.2) is 4.85 Å². The molecule has 0 saturated carbocycles. The predicted octanol–water partition coefficient (Wildman–Crippen LogP) is 3.57. The van der Waals surface area contributed by atoms with Gasteiger partial charge >= 0.3 is 0 Å². The lowest BCUT2D eigenvalue weighted by Crippen LogP contribution is -2.20. The van der Waals surface area contributed by atoms with Gasteiger partial charge in [0.1, 0.15) is 6.67 Å². The quantitative estimate of drug-likeness (QED) is 0.332. The molecule has 0 aliphatic carbocycles. The number of hydrogen-bond acceptors (Lipinski definition) is 2. The van der Waals surface area contributed by atoms with Crippen molar-refractivity contribution < 1.29 is 9.13 Å². The summed E-state index contributed by atoms with van der Waals surface area (Å²) in [5, 5.41) is 3.35. The normalized spacial score (nSPS) is 13.2. The fourth-order valence-electron chi connectivity index (χ4n) is 1.49. The molecule has 0 aliphatic rings. The van der Waals surface area contributed by atoms with Crippen LogP contribution >= 0.6 is 0 Å². The van der Waals surface area contributed by atoms with Crippen molar-refractivity contribution in [3.8, 4) is 0 Å². The molecular formula is C11H11FN4O. The Morgan fingerprint density at radius 2 is 2.12 bits per heavy atom. The number of benzene rings is 1. The summed E-state index contributed by atoms with van der Waals surface area (Å²) in [6.07, 6.45) is -0.643. The van der Waals surface area contributed by atoms with E-state index in [1.54, 1.807) is 24.3 Å². The van der Waals surface area contributed by atoms with Gasteiger partial charge < -0.3 is 4.74 Å².